The van der Waals surface area contributed by atoms with Crippen molar-refractivity contribution in [1.82, 2.24) is 19.9 Å². The summed E-state index contributed by atoms with van der Waals surface area (Å²) >= 11 is 0. The van der Waals surface area contributed by atoms with Crippen molar-refractivity contribution >= 4 is 5.97 Å². The Morgan fingerprint density at radius 1 is 1.53 bits per heavy atom. The van der Waals surface area contributed by atoms with Crippen LogP contribution in [0.1, 0.15) is 26.2 Å². The summed E-state index contributed by atoms with van der Waals surface area (Å²) in [6.45, 7) is 3.71. The first-order chi connectivity index (χ1) is 8.85. The number of carbonyl (C=O) groups is 1. The van der Waals surface area contributed by atoms with E-state index in [1.807, 2.05) is 13.8 Å². The molecule has 0 aliphatic rings. The highest BCUT2D eigenvalue weighted by Crippen LogP contribution is 2.26. The molecule has 0 amide bonds. The van der Waals surface area contributed by atoms with Crippen LogP contribution in [0.2, 0.25) is 0 Å². The van der Waals surface area contributed by atoms with Gasteiger partial charge in [-0.1, -0.05) is 19.0 Å². The molecule has 2 rings (SSSR count). The highest BCUT2D eigenvalue weighted by Gasteiger charge is 2.25. The lowest BCUT2D eigenvalue weighted by Gasteiger charge is -2.19. The van der Waals surface area contributed by atoms with Gasteiger partial charge in [0.2, 0.25) is 11.7 Å². The van der Waals surface area contributed by atoms with Gasteiger partial charge < -0.3 is 9.63 Å². The second kappa shape index (κ2) is 4.83. The van der Waals surface area contributed by atoms with E-state index in [0.29, 0.717) is 18.1 Å². The van der Waals surface area contributed by atoms with E-state index in [9.17, 15) is 4.79 Å². The van der Waals surface area contributed by atoms with Crippen molar-refractivity contribution in [2.75, 3.05) is 0 Å². The minimum atomic E-state index is -0.836. The van der Waals surface area contributed by atoms with Crippen LogP contribution < -0.4 is 0 Å². The van der Waals surface area contributed by atoms with Crippen molar-refractivity contribution in [2.24, 2.45) is 12.5 Å². The third-order valence-electron chi connectivity index (χ3n) is 2.69. The van der Waals surface area contributed by atoms with Crippen LogP contribution in [-0.4, -0.2) is 31.0 Å². The van der Waals surface area contributed by atoms with Crippen molar-refractivity contribution in [3.8, 4) is 11.4 Å². The maximum absolute atomic E-state index is 10.8. The number of aliphatic carboxylic acids is 1. The number of aromatic nitrogens is 4. The first kappa shape index (κ1) is 13.3. The molecule has 0 aliphatic carbocycles. The predicted octanol–water partition coefficient (Wildman–Crippen LogP) is 1.51. The summed E-state index contributed by atoms with van der Waals surface area (Å²) in [5.74, 6) is 0.0660. The van der Waals surface area contributed by atoms with Crippen molar-refractivity contribution in [3.05, 3.63) is 18.3 Å². The van der Waals surface area contributed by atoms with Crippen LogP contribution in [0.5, 0.6) is 0 Å². The summed E-state index contributed by atoms with van der Waals surface area (Å²) in [5.41, 5.74) is 0.346. The predicted molar refractivity (Wildman–Crippen MR) is 66.2 cm³/mol. The zero-order valence-corrected chi connectivity index (χ0v) is 11.1. The highest BCUT2D eigenvalue weighted by atomic mass is 16.5. The lowest BCUT2D eigenvalue weighted by atomic mass is 9.86. The van der Waals surface area contributed by atoms with E-state index in [4.69, 9.17) is 9.63 Å². The standard InChI is InChI=1S/C12H16N4O3/c1-12(2,5-10(17)18)4-9-14-11(15-19-9)8-6-13-16(3)7-8/h6-7H,4-5H2,1-3H3,(H,17,18). The van der Waals surface area contributed by atoms with Crippen molar-refractivity contribution in [1.29, 1.82) is 0 Å². The van der Waals surface area contributed by atoms with Crippen LogP contribution in [-0.2, 0) is 18.3 Å². The van der Waals surface area contributed by atoms with Crippen LogP contribution >= 0.6 is 0 Å². The van der Waals surface area contributed by atoms with Gasteiger partial charge in [-0.3, -0.25) is 9.48 Å². The molecule has 2 aromatic heterocycles. The molecule has 0 saturated carbocycles. The van der Waals surface area contributed by atoms with Crippen LogP contribution in [0.3, 0.4) is 0 Å². The van der Waals surface area contributed by atoms with E-state index in [1.165, 1.54) is 0 Å². The number of carboxylic acids is 1. The summed E-state index contributed by atoms with van der Waals surface area (Å²) in [4.78, 5) is 15.0. The van der Waals surface area contributed by atoms with Crippen LogP contribution in [0.4, 0.5) is 0 Å². The number of carboxylic acid groups (broad SMARTS) is 1. The van der Waals surface area contributed by atoms with E-state index < -0.39 is 11.4 Å². The van der Waals surface area contributed by atoms with Gasteiger partial charge in [-0.25, -0.2) is 0 Å². The summed E-state index contributed by atoms with van der Waals surface area (Å²) < 4.78 is 6.81. The molecule has 0 radical (unpaired) electrons. The van der Waals surface area contributed by atoms with E-state index in [1.54, 1.807) is 24.1 Å². The fourth-order valence-corrected chi connectivity index (χ4v) is 1.86. The first-order valence-corrected chi connectivity index (χ1v) is 5.89. The van der Waals surface area contributed by atoms with Crippen molar-refractivity contribution in [2.45, 2.75) is 26.7 Å². The molecule has 0 bridgehead atoms. The molecular formula is C12H16N4O3. The molecule has 0 fully saturated rings. The Balaban J connectivity index is 2.11. The SMILES string of the molecule is Cn1cc(-c2noc(CC(C)(C)CC(=O)O)n2)cn1. The molecule has 0 atom stereocenters. The molecule has 2 heterocycles. The Labute approximate surface area is 110 Å². The van der Waals surface area contributed by atoms with Crippen LogP contribution in [0.25, 0.3) is 11.4 Å². The van der Waals surface area contributed by atoms with E-state index in [0.717, 1.165) is 5.56 Å². The average Bonchev–Trinajstić information content (AvgIpc) is 2.84. The zero-order chi connectivity index (χ0) is 14.0. The van der Waals surface area contributed by atoms with E-state index in [-0.39, 0.29) is 6.42 Å². The second-order valence-electron chi connectivity index (χ2n) is 5.33. The van der Waals surface area contributed by atoms with Crippen LogP contribution in [0.15, 0.2) is 16.9 Å². The number of rotatable bonds is 5. The normalized spacial score (nSPS) is 11.7. The molecule has 19 heavy (non-hydrogen) atoms. The van der Waals surface area contributed by atoms with Gasteiger partial charge in [-0.2, -0.15) is 10.1 Å². The third-order valence-corrected chi connectivity index (χ3v) is 2.69. The summed E-state index contributed by atoms with van der Waals surface area (Å²) in [7, 11) is 1.81. The Hall–Kier alpha value is -2.18. The lowest BCUT2D eigenvalue weighted by molar-refractivity contribution is -0.139. The minimum Gasteiger partial charge on any atom is -0.481 e. The number of aryl methyl sites for hydroxylation is 1. The Kier molecular flexibility index (Phi) is 3.37. The Morgan fingerprint density at radius 2 is 2.26 bits per heavy atom. The molecule has 7 nitrogen and oxygen atoms in total. The van der Waals surface area contributed by atoms with Gasteiger partial charge >= 0.3 is 5.97 Å². The van der Waals surface area contributed by atoms with Crippen molar-refractivity contribution < 1.29 is 14.4 Å². The molecule has 1 N–H and O–H groups in total. The number of hydrogen-bond donors (Lipinski definition) is 1. The quantitative estimate of drug-likeness (QED) is 0.879. The molecule has 0 aromatic carbocycles. The summed E-state index contributed by atoms with van der Waals surface area (Å²) in [6, 6.07) is 0. The molecule has 2 aromatic rings. The topological polar surface area (TPSA) is 94.0 Å². The maximum Gasteiger partial charge on any atom is 0.303 e. The number of nitrogens with zero attached hydrogens (tertiary/aromatic N) is 4. The van der Waals surface area contributed by atoms with Gasteiger partial charge in [0.1, 0.15) is 0 Å². The maximum atomic E-state index is 10.8. The van der Waals surface area contributed by atoms with Gasteiger partial charge in [-0.05, 0) is 5.41 Å². The van der Waals surface area contributed by atoms with Gasteiger partial charge in [0.25, 0.3) is 0 Å². The summed E-state index contributed by atoms with van der Waals surface area (Å²) in [6.07, 6.45) is 3.91. The van der Waals surface area contributed by atoms with Gasteiger partial charge in [-0.15, -0.1) is 0 Å². The van der Waals surface area contributed by atoms with Gasteiger partial charge in [0, 0.05) is 19.7 Å². The molecule has 102 valence electrons. The molecule has 0 aliphatic heterocycles. The minimum absolute atomic E-state index is 0.0532. The molecule has 0 unspecified atom stereocenters. The molecule has 7 heteroatoms. The summed E-state index contributed by atoms with van der Waals surface area (Å²) in [5, 5.41) is 16.7. The molecule has 0 spiro atoms. The Bertz CT molecular complexity index is 585. The first-order valence-electron chi connectivity index (χ1n) is 5.89. The average molecular weight is 264 g/mol. The monoisotopic (exact) mass is 264 g/mol. The van der Waals surface area contributed by atoms with E-state index in [2.05, 4.69) is 15.2 Å². The molecule has 0 saturated heterocycles. The van der Waals surface area contributed by atoms with Crippen molar-refractivity contribution in [3.63, 3.8) is 0 Å². The number of hydrogen-bond acceptors (Lipinski definition) is 5. The Morgan fingerprint density at radius 3 is 2.84 bits per heavy atom. The van der Waals surface area contributed by atoms with E-state index >= 15 is 0 Å². The fourth-order valence-electron chi connectivity index (χ4n) is 1.86. The van der Waals surface area contributed by atoms with Gasteiger partial charge in [0.15, 0.2) is 0 Å². The lowest BCUT2D eigenvalue weighted by Crippen LogP contribution is -2.19. The second-order valence-corrected chi connectivity index (χ2v) is 5.33. The molecular weight excluding hydrogens is 248 g/mol. The largest absolute Gasteiger partial charge is 0.481 e. The van der Waals surface area contributed by atoms with Gasteiger partial charge in [0.05, 0.1) is 18.2 Å². The highest BCUT2D eigenvalue weighted by molar-refractivity contribution is 5.67. The third kappa shape index (κ3) is 3.40. The van der Waals surface area contributed by atoms with Crippen LogP contribution in [0, 0.1) is 5.41 Å². The zero-order valence-electron chi connectivity index (χ0n) is 11.1. The fraction of sp³-hybridized carbons (Fsp3) is 0.500. The smallest absolute Gasteiger partial charge is 0.303 e.